The van der Waals surface area contributed by atoms with Gasteiger partial charge in [0.2, 0.25) is 0 Å². The number of nitrogens with zero attached hydrogens (tertiary/aromatic N) is 1. The fourth-order valence-corrected chi connectivity index (χ4v) is 0.387. The van der Waals surface area contributed by atoms with Crippen molar-refractivity contribution in [2.45, 2.75) is 26.2 Å². The Morgan fingerprint density at radius 3 is 2.86 bits per heavy atom. The summed E-state index contributed by atoms with van der Waals surface area (Å²) in [7, 11) is 0. The third-order valence-electron chi connectivity index (χ3n) is 0.816. The molecule has 0 aromatic rings. The highest BCUT2D eigenvalue weighted by Gasteiger charge is 1.78. The zero-order valence-corrected chi connectivity index (χ0v) is 4.85. The normalized spacial score (nSPS) is 8.71. The molecular formula is C6H12N. The van der Waals surface area contributed by atoms with Gasteiger partial charge in [-0.1, -0.05) is 19.8 Å². The molecule has 0 aromatic heterocycles. The fraction of sp³-hybridized carbons (Fsp3) is 0.667. The van der Waals surface area contributed by atoms with Gasteiger partial charge in [-0.2, -0.15) is 0 Å². The van der Waals surface area contributed by atoms with Crippen LogP contribution in [0, 0.1) is 6.54 Å². The van der Waals surface area contributed by atoms with E-state index in [1.165, 1.54) is 12.8 Å². The smallest absolute Gasteiger partial charge is 0.0715 e. The molecule has 0 saturated carbocycles. The summed E-state index contributed by atoms with van der Waals surface area (Å²) in [5, 5.41) is 0. The van der Waals surface area contributed by atoms with Crippen molar-refractivity contribution in [3.8, 4) is 0 Å². The predicted octanol–water partition coefficient (Wildman–Crippen LogP) is 2.04. The minimum atomic E-state index is 1.08. The summed E-state index contributed by atoms with van der Waals surface area (Å²) in [6.07, 6.45) is 3.56. The Kier molecular flexibility index (Phi) is 5.40. The minimum Gasteiger partial charge on any atom is -0.295 e. The Balaban J connectivity index is 2.56. The molecule has 0 saturated heterocycles. The molecule has 0 atom stereocenters. The highest BCUT2D eigenvalue weighted by Crippen LogP contribution is 1.95. The summed E-state index contributed by atoms with van der Waals surface area (Å²) in [5.41, 5.74) is 0. The van der Waals surface area contributed by atoms with E-state index < -0.39 is 0 Å². The van der Waals surface area contributed by atoms with Crippen LogP contribution in [0.4, 0.5) is 0 Å². The lowest BCUT2D eigenvalue weighted by Crippen LogP contribution is -1.69. The monoisotopic (exact) mass is 98.1 g/mol. The van der Waals surface area contributed by atoms with Gasteiger partial charge in [-0.05, 0) is 13.1 Å². The van der Waals surface area contributed by atoms with E-state index in [2.05, 4.69) is 18.6 Å². The van der Waals surface area contributed by atoms with E-state index in [0.717, 1.165) is 6.42 Å². The maximum atomic E-state index is 3.60. The van der Waals surface area contributed by atoms with E-state index in [1.807, 2.05) is 6.54 Å². The second-order valence-corrected chi connectivity index (χ2v) is 1.51. The van der Waals surface area contributed by atoms with Gasteiger partial charge in [0.1, 0.15) is 0 Å². The lowest BCUT2D eigenvalue weighted by Gasteiger charge is -1.87. The van der Waals surface area contributed by atoms with Gasteiger partial charge >= 0.3 is 0 Å². The molecule has 0 spiro atoms. The van der Waals surface area contributed by atoms with Crippen LogP contribution in [-0.4, -0.2) is 6.72 Å². The molecule has 0 unspecified atom stereocenters. The van der Waals surface area contributed by atoms with E-state index in [4.69, 9.17) is 0 Å². The third kappa shape index (κ3) is 5.67. The van der Waals surface area contributed by atoms with Crippen molar-refractivity contribution in [3.63, 3.8) is 0 Å². The highest BCUT2D eigenvalue weighted by atomic mass is 14.7. The van der Waals surface area contributed by atoms with E-state index in [1.54, 1.807) is 0 Å². The molecule has 0 rings (SSSR count). The Bertz CT molecular complexity index is 41.4. The summed E-state index contributed by atoms with van der Waals surface area (Å²) in [6, 6.07) is 0. The van der Waals surface area contributed by atoms with Gasteiger partial charge in [0.25, 0.3) is 0 Å². The van der Waals surface area contributed by atoms with Crippen molar-refractivity contribution in [1.82, 2.24) is 0 Å². The summed E-state index contributed by atoms with van der Waals surface area (Å²) >= 11 is 0. The van der Waals surface area contributed by atoms with E-state index in [-0.39, 0.29) is 0 Å². The van der Waals surface area contributed by atoms with E-state index >= 15 is 0 Å². The molecular weight excluding hydrogens is 86.1 g/mol. The summed E-state index contributed by atoms with van der Waals surface area (Å²) < 4.78 is 0. The maximum Gasteiger partial charge on any atom is 0.0715 e. The maximum absolute atomic E-state index is 3.60. The van der Waals surface area contributed by atoms with Gasteiger partial charge in [-0.25, -0.2) is 0 Å². The first kappa shape index (κ1) is 6.67. The second-order valence-electron chi connectivity index (χ2n) is 1.51. The molecule has 0 aliphatic carbocycles. The molecule has 0 aliphatic rings. The molecule has 7 heavy (non-hydrogen) atoms. The molecule has 0 fully saturated rings. The molecule has 0 aromatic carbocycles. The Hall–Kier alpha value is -0.330. The number of rotatable bonds is 4. The molecule has 1 nitrogen and oxygen atoms in total. The van der Waals surface area contributed by atoms with Crippen LogP contribution < -0.4 is 0 Å². The SMILES string of the molecule is C=N[CH]CCCC. The first-order valence-electron chi connectivity index (χ1n) is 2.69. The molecule has 0 amide bonds. The predicted molar refractivity (Wildman–Crippen MR) is 33.4 cm³/mol. The van der Waals surface area contributed by atoms with Crippen molar-refractivity contribution >= 4 is 6.72 Å². The third-order valence-corrected chi connectivity index (χ3v) is 0.816. The van der Waals surface area contributed by atoms with Crippen molar-refractivity contribution in [2.24, 2.45) is 4.99 Å². The Morgan fingerprint density at radius 1 is 1.71 bits per heavy atom. The molecule has 41 valence electrons. The number of aliphatic imine (C=N–C) groups is 1. The number of hydrogen-bond donors (Lipinski definition) is 0. The molecule has 0 heterocycles. The lowest BCUT2D eigenvalue weighted by atomic mass is 10.3. The summed E-state index contributed by atoms with van der Waals surface area (Å²) in [5.74, 6) is 0. The number of unbranched alkanes of at least 4 members (excludes halogenated alkanes) is 2. The molecule has 0 aliphatic heterocycles. The highest BCUT2D eigenvalue weighted by molar-refractivity contribution is 5.24. The van der Waals surface area contributed by atoms with Crippen LogP contribution in [-0.2, 0) is 0 Å². The van der Waals surface area contributed by atoms with Crippen molar-refractivity contribution in [1.29, 1.82) is 0 Å². The first-order valence-corrected chi connectivity index (χ1v) is 2.69. The number of hydrogen-bond acceptors (Lipinski definition) is 1. The van der Waals surface area contributed by atoms with Crippen molar-refractivity contribution in [2.75, 3.05) is 0 Å². The average molecular weight is 98.2 g/mol. The largest absolute Gasteiger partial charge is 0.295 e. The average Bonchev–Trinajstić information content (AvgIpc) is 1.69. The van der Waals surface area contributed by atoms with Gasteiger partial charge in [0.15, 0.2) is 0 Å². The van der Waals surface area contributed by atoms with Crippen LogP contribution in [0.2, 0.25) is 0 Å². The molecule has 1 radical (unpaired) electrons. The Labute approximate surface area is 45.5 Å². The van der Waals surface area contributed by atoms with Crippen LogP contribution in [0.25, 0.3) is 0 Å². The summed E-state index contributed by atoms with van der Waals surface area (Å²) in [6.45, 7) is 7.34. The van der Waals surface area contributed by atoms with Crippen LogP contribution in [0.5, 0.6) is 0 Å². The second kappa shape index (κ2) is 5.67. The quantitative estimate of drug-likeness (QED) is 0.377. The van der Waals surface area contributed by atoms with Crippen LogP contribution in [0.1, 0.15) is 26.2 Å². The van der Waals surface area contributed by atoms with Crippen LogP contribution in [0.15, 0.2) is 4.99 Å². The zero-order chi connectivity index (χ0) is 5.54. The molecule has 1 heteroatoms. The summed E-state index contributed by atoms with van der Waals surface area (Å²) in [4.78, 5) is 3.60. The van der Waals surface area contributed by atoms with E-state index in [9.17, 15) is 0 Å². The van der Waals surface area contributed by atoms with Gasteiger partial charge in [0.05, 0.1) is 6.54 Å². The van der Waals surface area contributed by atoms with E-state index in [0.29, 0.717) is 0 Å². The van der Waals surface area contributed by atoms with Gasteiger partial charge < -0.3 is 0 Å². The van der Waals surface area contributed by atoms with Crippen molar-refractivity contribution < 1.29 is 0 Å². The minimum absolute atomic E-state index is 1.08. The first-order chi connectivity index (χ1) is 3.41. The van der Waals surface area contributed by atoms with Gasteiger partial charge in [0, 0.05) is 0 Å². The molecule has 0 N–H and O–H groups in total. The Morgan fingerprint density at radius 2 is 2.43 bits per heavy atom. The topological polar surface area (TPSA) is 12.4 Å². The van der Waals surface area contributed by atoms with Crippen molar-refractivity contribution in [3.05, 3.63) is 6.54 Å². The zero-order valence-electron chi connectivity index (χ0n) is 4.85. The van der Waals surface area contributed by atoms with Crippen LogP contribution >= 0.6 is 0 Å². The van der Waals surface area contributed by atoms with Gasteiger partial charge in [-0.15, -0.1) is 0 Å². The standard InChI is InChI=1S/C6H12N/c1-3-4-5-6-7-2/h6H,2-5H2,1H3. The lowest BCUT2D eigenvalue weighted by molar-refractivity contribution is 0.779. The molecule has 0 bridgehead atoms. The fourth-order valence-electron chi connectivity index (χ4n) is 0.387. The van der Waals surface area contributed by atoms with Crippen LogP contribution in [0.3, 0.4) is 0 Å². The van der Waals surface area contributed by atoms with Gasteiger partial charge in [-0.3, -0.25) is 4.99 Å².